The van der Waals surface area contributed by atoms with Crippen molar-refractivity contribution in [3.8, 4) is 0 Å². The number of nitrogens with one attached hydrogen (secondary N) is 1. The van der Waals surface area contributed by atoms with Crippen LogP contribution in [0.5, 0.6) is 0 Å². The van der Waals surface area contributed by atoms with Crippen LogP contribution in [0.25, 0.3) is 0 Å². The number of methoxy groups -OCH3 is 1. The Morgan fingerprint density at radius 2 is 2.10 bits per heavy atom. The van der Waals surface area contributed by atoms with Crippen LogP contribution in [0, 0.1) is 0 Å². The minimum absolute atomic E-state index is 0.0902. The highest BCUT2D eigenvalue weighted by Crippen LogP contribution is 2.09. The van der Waals surface area contributed by atoms with Crippen LogP contribution in [0.3, 0.4) is 0 Å². The molecule has 0 bridgehead atoms. The Balaban J connectivity index is 2.58. The standard InChI is InChI=1S/C13H20N2O5/c1-8(12(17)19-13(2,3)4)14-11(16)10-6-9(7-18-5)20-15-10/h6,8H,7H2,1-5H3,(H,14,16)/t8-/m0/s1. The summed E-state index contributed by atoms with van der Waals surface area (Å²) in [5, 5.41) is 6.10. The molecule has 0 saturated carbocycles. The Labute approximate surface area is 117 Å². The van der Waals surface area contributed by atoms with Crippen molar-refractivity contribution < 1.29 is 23.6 Å². The molecule has 112 valence electrons. The summed E-state index contributed by atoms with van der Waals surface area (Å²) in [6.07, 6.45) is 0. The Bertz CT molecular complexity index is 475. The van der Waals surface area contributed by atoms with Gasteiger partial charge in [-0.25, -0.2) is 4.79 Å². The van der Waals surface area contributed by atoms with Crippen molar-refractivity contribution in [2.75, 3.05) is 7.11 Å². The molecule has 0 radical (unpaired) electrons. The summed E-state index contributed by atoms with van der Waals surface area (Å²) in [5.74, 6) is -0.580. The van der Waals surface area contributed by atoms with E-state index < -0.39 is 23.5 Å². The van der Waals surface area contributed by atoms with Gasteiger partial charge < -0.3 is 19.3 Å². The maximum absolute atomic E-state index is 11.9. The van der Waals surface area contributed by atoms with E-state index in [1.165, 1.54) is 13.2 Å². The molecule has 1 aromatic rings. The SMILES string of the molecule is COCc1cc(C(=O)N[C@@H](C)C(=O)OC(C)(C)C)no1. The fraction of sp³-hybridized carbons (Fsp3) is 0.615. The Hall–Kier alpha value is -1.89. The first-order valence-corrected chi connectivity index (χ1v) is 6.21. The molecule has 1 aromatic heterocycles. The lowest BCUT2D eigenvalue weighted by Gasteiger charge is -2.22. The molecule has 0 spiro atoms. The van der Waals surface area contributed by atoms with Crippen molar-refractivity contribution in [1.29, 1.82) is 0 Å². The Morgan fingerprint density at radius 1 is 1.45 bits per heavy atom. The maximum atomic E-state index is 11.9. The molecule has 0 saturated heterocycles. The number of aromatic nitrogens is 1. The number of rotatable bonds is 5. The molecule has 0 fully saturated rings. The molecule has 1 amide bonds. The molecule has 20 heavy (non-hydrogen) atoms. The van der Waals surface area contributed by atoms with Crippen molar-refractivity contribution >= 4 is 11.9 Å². The summed E-state index contributed by atoms with van der Waals surface area (Å²) in [7, 11) is 1.51. The van der Waals surface area contributed by atoms with Gasteiger partial charge in [0.1, 0.15) is 18.2 Å². The molecule has 1 rings (SSSR count). The molecular weight excluding hydrogens is 264 g/mol. The minimum Gasteiger partial charge on any atom is -0.458 e. The van der Waals surface area contributed by atoms with Gasteiger partial charge in [-0.2, -0.15) is 0 Å². The molecule has 7 nitrogen and oxygen atoms in total. The van der Waals surface area contributed by atoms with Gasteiger partial charge >= 0.3 is 5.97 Å². The summed E-state index contributed by atoms with van der Waals surface area (Å²) in [4.78, 5) is 23.6. The number of hydrogen-bond acceptors (Lipinski definition) is 6. The monoisotopic (exact) mass is 284 g/mol. The van der Waals surface area contributed by atoms with Crippen LogP contribution in [0.15, 0.2) is 10.6 Å². The summed E-state index contributed by atoms with van der Waals surface area (Å²) in [6.45, 7) is 7.04. The van der Waals surface area contributed by atoms with Crippen LogP contribution >= 0.6 is 0 Å². The lowest BCUT2D eigenvalue weighted by atomic mass is 10.2. The fourth-order valence-corrected chi connectivity index (χ4v) is 1.35. The number of ether oxygens (including phenoxy) is 2. The van der Waals surface area contributed by atoms with Gasteiger partial charge in [-0.1, -0.05) is 5.16 Å². The van der Waals surface area contributed by atoms with Crippen molar-refractivity contribution in [3.63, 3.8) is 0 Å². The molecule has 7 heteroatoms. The number of carbonyl (C=O) groups excluding carboxylic acids is 2. The lowest BCUT2D eigenvalue weighted by molar-refractivity contribution is -0.156. The van der Waals surface area contributed by atoms with Gasteiger partial charge in [0, 0.05) is 13.2 Å². The third-order valence-corrected chi connectivity index (χ3v) is 2.19. The molecule has 0 aliphatic heterocycles. The van der Waals surface area contributed by atoms with Crippen molar-refractivity contribution in [2.24, 2.45) is 0 Å². The molecule has 0 unspecified atom stereocenters. The lowest BCUT2D eigenvalue weighted by Crippen LogP contribution is -2.42. The van der Waals surface area contributed by atoms with Crippen LogP contribution in [0.1, 0.15) is 43.9 Å². The molecule has 0 aliphatic rings. The summed E-state index contributed by atoms with van der Waals surface area (Å²) in [6, 6.07) is 0.685. The average molecular weight is 284 g/mol. The molecule has 1 N–H and O–H groups in total. The summed E-state index contributed by atoms with van der Waals surface area (Å²) < 4.78 is 14.9. The second-order valence-corrected chi connectivity index (χ2v) is 5.34. The highest BCUT2D eigenvalue weighted by atomic mass is 16.6. The third kappa shape index (κ3) is 5.00. The van der Waals surface area contributed by atoms with E-state index in [2.05, 4.69) is 10.5 Å². The van der Waals surface area contributed by atoms with Crippen molar-refractivity contribution in [2.45, 2.75) is 45.9 Å². The van der Waals surface area contributed by atoms with E-state index in [1.807, 2.05) is 0 Å². The first kappa shape index (κ1) is 16.2. The first-order chi connectivity index (χ1) is 9.23. The zero-order valence-electron chi connectivity index (χ0n) is 12.4. The van der Waals surface area contributed by atoms with E-state index in [9.17, 15) is 9.59 Å². The molecule has 1 atom stereocenters. The number of nitrogens with zero attached hydrogens (tertiary/aromatic N) is 1. The van der Waals surface area contributed by atoms with Gasteiger partial charge in [0.2, 0.25) is 0 Å². The van der Waals surface area contributed by atoms with E-state index in [4.69, 9.17) is 14.0 Å². The van der Waals surface area contributed by atoms with E-state index in [-0.39, 0.29) is 12.3 Å². The third-order valence-electron chi connectivity index (χ3n) is 2.19. The van der Waals surface area contributed by atoms with Crippen LogP contribution in [-0.4, -0.2) is 35.8 Å². The number of esters is 1. The molecular formula is C13H20N2O5. The normalized spacial score (nSPS) is 12.8. The Kier molecular flexibility index (Phi) is 5.26. The second-order valence-electron chi connectivity index (χ2n) is 5.34. The van der Waals surface area contributed by atoms with Crippen LogP contribution in [0.4, 0.5) is 0 Å². The van der Waals surface area contributed by atoms with E-state index in [1.54, 1.807) is 27.7 Å². The number of hydrogen-bond donors (Lipinski definition) is 1. The number of carbonyl (C=O) groups is 2. The van der Waals surface area contributed by atoms with E-state index in [0.29, 0.717) is 5.76 Å². The van der Waals surface area contributed by atoms with Crippen LogP contribution < -0.4 is 5.32 Å². The van der Waals surface area contributed by atoms with E-state index in [0.717, 1.165) is 0 Å². The minimum atomic E-state index is -0.774. The van der Waals surface area contributed by atoms with Gasteiger partial charge in [-0.3, -0.25) is 4.79 Å². The van der Waals surface area contributed by atoms with Crippen LogP contribution in [-0.2, 0) is 20.9 Å². The molecule has 0 aromatic carbocycles. The van der Waals surface area contributed by atoms with Crippen molar-refractivity contribution in [1.82, 2.24) is 10.5 Å². The molecule has 0 aliphatic carbocycles. The maximum Gasteiger partial charge on any atom is 0.328 e. The van der Waals surface area contributed by atoms with Gasteiger partial charge in [0.05, 0.1) is 0 Å². The van der Waals surface area contributed by atoms with Gasteiger partial charge in [-0.05, 0) is 27.7 Å². The topological polar surface area (TPSA) is 90.7 Å². The smallest absolute Gasteiger partial charge is 0.328 e. The number of amides is 1. The highest BCUT2D eigenvalue weighted by Gasteiger charge is 2.24. The van der Waals surface area contributed by atoms with Crippen LogP contribution in [0.2, 0.25) is 0 Å². The highest BCUT2D eigenvalue weighted by molar-refractivity contribution is 5.95. The first-order valence-electron chi connectivity index (χ1n) is 6.21. The zero-order valence-corrected chi connectivity index (χ0v) is 12.4. The second kappa shape index (κ2) is 6.51. The quantitative estimate of drug-likeness (QED) is 0.819. The largest absolute Gasteiger partial charge is 0.458 e. The van der Waals surface area contributed by atoms with Crippen molar-refractivity contribution in [3.05, 3.63) is 17.5 Å². The van der Waals surface area contributed by atoms with Gasteiger partial charge in [0.25, 0.3) is 5.91 Å². The van der Waals surface area contributed by atoms with Gasteiger partial charge in [0.15, 0.2) is 11.5 Å². The van der Waals surface area contributed by atoms with Gasteiger partial charge in [-0.15, -0.1) is 0 Å². The summed E-state index contributed by atoms with van der Waals surface area (Å²) >= 11 is 0. The fourth-order valence-electron chi connectivity index (χ4n) is 1.35. The summed E-state index contributed by atoms with van der Waals surface area (Å²) in [5.41, 5.74) is -0.511. The zero-order chi connectivity index (χ0) is 15.3. The van der Waals surface area contributed by atoms with E-state index >= 15 is 0 Å². The predicted molar refractivity (Wildman–Crippen MR) is 70.0 cm³/mol. The Morgan fingerprint density at radius 3 is 2.65 bits per heavy atom. The predicted octanol–water partition coefficient (Wildman–Crippen LogP) is 1.28. The molecule has 1 heterocycles. The average Bonchev–Trinajstić information content (AvgIpc) is 2.75.